The third kappa shape index (κ3) is 5.14. The lowest BCUT2D eigenvalue weighted by molar-refractivity contribution is 0.415. The number of fused-ring (bicyclic) bond motifs is 4. The molecule has 0 aliphatic heterocycles. The van der Waals surface area contributed by atoms with Crippen LogP contribution in [-0.4, -0.2) is 14.2 Å². The molecule has 0 atom stereocenters. The van der Waals surface area contributed by atoms with Crippen molar-refractivity contribution >= 4 is 43.1 Å². The van der Waals surface area contributed by atoms with Crippen molar-refractivity contribution in [1.29, 1.82) is 0 Å². The second-order valence-electron chi connectivity index (χ2n) is 12.9. The summed E-state index contributed by atoms with van der Waals surface area (Å²) in [5.41, 5.74) is 9.49. The van der Waals surface area contributed by atoms with Gasteiger partial charge in [-0.25, -0.2) is 0 Å². The van der Waals surface area contributed by atoms with E-state index in [2.05, 4.69) is 170 Å². The van der Waals surface area contributed by atoms with Crippen LogP contribution in [0, 0.1) is 0 Å². The molecule has 0 aliphatic carbocycles. The Bertz CT molecular complexity index is 2510. The zero-order valence-electron chi connectivity index (χ0n) is 28.0. The Morgan fingerprint density at radius 1 is 0.280 bits per heavy atom. The maximum absolute atomic E-state index is 5.57. The van der Waals surface area contributed by atoms with Crippen LogP contribution in [0.15, 0.2) is 170 Å². The quantitative estimate of drug-likeness (QED) is 0.168. The van der Waals surface area contributed by atoms with Gasteiger partial charge in [0.05, 0.1) is 14.2 Å². The normalized spacial score (nSPS) is 11.4. The zero-order chi connectivity index (χ0) is 33.6. The minimum Gasteiger partial charge on any atom is -0.497 e. The van der Waals surface area contributed by atoms with E-state index in [1.807, 2.05) is 0 Å². The van der Waals surface area contributed by atoms with Gasteiger partial charge in [-0.05, 0) is 136 Å². The molecule has 50 heavy (non-hydrogen) atoms. The number of hydrogen-bond acceptors (Lipinski definition) is 2. The molecule has 2 heteroatoms. The van der Waals surface area contributed by atoms with Gasteiger partial charge in [0.25, 0.3) is 0 Å². The van der Waals surface area contributed by atoms with Gasteiger partial charge in [-0.3, -0.25) is 0 Å². The van der Waals surface area contributed by atoms with Crippen molar-refractivity contribution < 1.29 is 9.47 Å². The van der Waals surface area contributed by atoms with Crippen LogP contribution in [-0.2, 0) is 0 Å². The van der Waals surface area contributed by atoms with E-state index in [-0.39, 0.29) is 0 Å². The fourth-order valence-corrected chi connectivity index (χ4v) is 7.46. The van der Waals surface area contributed by atoms with Crippen LogP contribution in [0.2, 0.25) is 0 Å². The van der Waals surface area contributed by atoms with Gasteiger partial charge >= 0.3 is 0 Å². The number of ether oxygens (including phenoxy) is 2. The second-order valence-corrected chi connectivity index (χ2v) is 12.9. The third-order valence-corrected chi connectivity index (χ3v) is 10.0. The van der Waals surface area contributed by atoms with Crippen molar-refractivity contribution in [2.45, 2.75) is 0 Å². The predicted molar refractivity (Wildman–Crippen MR) is 211 cm³/mol. The summed E-state index contributed by atoms with van der Waals surface area (Å²) < 4.78 is 11.1. The summed E-state index contributed by atoms with van der Waals surface area (Å²) >= 11 is 0. The van der Waals surface area contributed by atoms with Crippen LogP contribution in [0.5, 0.6) is 11.5 Å². The molecule has 238 valence electrons. The first-order valence-corrected chi connectivity index (χ1v) is 17.0. The highest BCUT2D eigenvalue weighted by Gasteiger charge is 2.19. The SMILES string of the molecule is COc1ccc(-c2c3ccc(-c4ccc5ccccc5c4)cc3c(-c3ccc(OC)cc3)c3ccc(-c4ccc5ccccc5c4)cc23)cc1. The summed E-state index contributed by atoms with van der Waals surface area (Å²) in [6, 6.07) is 61.5. The minimum absolute atomic E-state index is 0.840. The fraction of sp³-hybridized carbons (Fsp3) is 0.0417. The van der Waals surface area contributed by atoms with E-state index in [1.54, 1.807) is 14.2 Å². The Balaban J connectivity index is 1.36. The highest BCUT2D eigenvalue weighted by molar-refractivity contribution is 6.22. The van der Waals surface area contributed by atoms with E-state index < -0.39 is 0 Å². The van der Waals surface area contributed by atoms with E-state index in [0.29, 0.717) is 0 Å². The zero-order valence-corrected chi connectivity index (χ0v) is 28.0. The molecule has 0 spiro atoms. The molecule has 9 aromatic carbocycles. The van der Waals surface area contributed by atoms with Crippen molar-refractivity contribution in [3.05, 3.63) is 170 Å². The average molecular weight is 643 g/mol. The lowest BCUT2D eigenvalue weighted by Crippen LogP contribution is -1.93. The Labute approximate surface area is 291 Å². The maximum Gasteiger partial charge on any atom is 0.118 e. The molecule has 0 unspecified atom stereocenters. The standard InChI is InChI=1S/C48H34O2/c1-49-41-21-15-33(16-22-41)47-43-25-19-40(38-14-12-32-8-4-6-10-36(32)28-38)30-46(43)48(34-17-23-42(50-2)24-18-34)44-26-20-39(29-45(44)47)37-13-11-31-7-3-5-9-35(31)27-37/h3-30H,1-2H3. The van der Waals surface area contributed by atoms with Crippen molar-refractivity contribution in [2.75, 3.05) is 14.2 Å². The minimum atomic E-state index is 0.840. The van der Waals surface area contributed by atoms with Gasteiger partial charge in [-0.15, -0.1) is 0 Å². The highest BCUT2D eigenvalue weighted by atomic mass is 16.5. The predicted octanol–water partition coefficient (Wildman–Crippen LogP) is 13.0. The molecule has 0 radical (unpaired) electrons. The van der Waals surface area contributed by atoms with Gasteiger partial charge in [0.15, 0.2) is 0 Å². The lowest BCUT2D eigenvalue weighted by atomic mass is 9.83. The van der Waals surface area contributed by atoms with Crippen LogP contribution in [0.25, 0.3) is 87.6 Å². The average Bonchev–Trinajstić information content (AvgIpc) is 3.19. The molecule has 0 fully saturated rings. The van der Waals surface area contributed by atoms with Crippen LogP contribution in [0.3, 0.4) is 0 Å². The molecular weight excluding hydrogens is 609 g/mol. The lowest BCUT2D eigenvalue weighted by Gasteiger charge is -2.20. The molecule has 0 N–H and O–H groups in total. The van der Waals surface area contributed by atoms with Gasteiger partial charge in [0.1, 0.15) is 11.5 Å². The van der Waals surface area contributed by atoms with E-state index in [0.717, 1.165) is 22.6 Å². The summed E-state index contributed by atoms with van der Waals surface area (Å²) in [6.07, 6.45) is 0. The first-order valence-electron chi connectivity index (χ1n) is 17.0. The van der Waals surface area contributed by atoms with Gasteiger partial charge in [-0.2, -0.15) is 0 Å². The summed E-state index contributed by atoms with van der Waals surface area (Å²) in [5.74, 6) is 1.68. The van der Waals surface area contributed by atoms with E-state index in [9.17, 15) is 0 Å². The Morgan fingerprint density at radius 3 is 1.02 bits per heavy atom. The maximum atomic E-state index is 5.57. The monoisotopic (exact) mass is 642 g/mol. The molecule has 0 bridgehead atoms. The summed E-state index contributed by atoms with van der Waals surface area (Å²) in [4.78, 5) is 0. The van der Waals surface area contributed by atoms with E-state index >= 15 is 0 Å². The number of rotatable bonds is 6. The first kappa shape index (κ1) is 29.7. The summed E-state index contributed by atoms with van der Waals surface area (Å²) in [7, 11) is 3.43. The fourth-order valence-electron chi connectivity index (χ4n) is 7.46. The molecule has 0 heterocycles. The second kappa shape index (κ2) is 12.3. The molecular formula is C48H34O2. The Morgan fingerprint density at radius 2 is 0.620 bits per heavy atom. The van der Waals surface area contributed by atoms with Crippen molar-refractivity contribution in [3.63, 3.8) is 0 Å². The summed E-state index contributed by atoms with van der Waals surface area (Å²) in [5, 5.41) is 9.77. The molecule has 9 aromatic rings. The molecule has 0 aliphatic rings. The number of benzene rings is 9. The van der Waals surface area contributed by atoms with Crippen molar-refractivity contribution in [2.24, 2.45) is 0 Å². The molecule has 9 rings (SSSR count). The van der Waals surface area contributed by atoms with Crippen molar-refractivity contribution in [1.82, 2.24) is 0 Å². The molecule has 0 saturated heterocycles. The topological polar surface area (TPSA) is 18.5 Å². The Hall–Kier alpha value is -6.38. The summed E-state index contributed by atoms with van der Waals surface area (Å²) in [6.45, 7) is 0. The molecule has 0 amide bonds. The Kier molecular flexibility index (Phi) is 7.29. The van der Waals surface area contributed by atoms with Crippen LogP contribution >= 0.6 is 0 Å². The van der Waals surface area contributed by atoms with Gasteiger partial charge in [0, 0.05) is 0 Å². The van der Waals surface area contributed by atoms with Gasteiger partial charge < -0.3 is 9.47 Å². The molecule has 0 saturated carbocycles. The molecule has 2 nitrogen and oxygen atoms in total. The highest BCUT2D eigenvalue weighted by Crippen LogP contribution is 2.46. The van der Waals surface area contributed by atoms with E-state index in [1.165, 1.54) is 76.5 Å². The first-order chi connectivity index (χ1) is 24.7. The van der Waals surface area contributed by atoms with Crippen molar-refractivity contribution in [3.8, 4) is 56.0 Å². The van der Waals surface area contributed by atoms with Gasteiger partial charge in [-0.1, -0.05) is 121 Å². The smallest absolute Gasteiger partial charge is 0.118 e. The van der Waals surface area contributed by atoms with Crippen LogP contribution in [0.1, 0.15) is 0 Å². The largest absolute Gasteiger partial charge is 0.497 e. The molecule has 0 aromatic heterocycles. The van der Waals surface area contributed by atoms with Crippen LogP contribution in [0.4, 0.5) is 0 Å². The number of hydrogen-bond donors (Lipinski definition) is 0. The number of methoxy groups -OCH3 is 2. The third-order valence-electron chi connectivity index (χ3n) is 10.0. The van der Waals surface area contributed by atoms with E-state index in [4.69, 9.17) is 9.47 Å². The van der Waals surface area contributed by atoms with Gasteiger partial charge in [0.2, 0.25) is 0 Å². The van der Waals surface area contributed by atoms with Crippen LogP contribution < -0.4 is 9.47 Å².